The number of carbonyl (C=O) groups is 2. The Balaban J connectivity index is 1.36. The van der Waals surface area contributed by atoms with E-state index in [1.807, 2.05) is 44.2 Å². The van der Waals surface area contributed by atoms with Crippen LogP contribution in [0, 0.1) is 13.8 Å². The first-order valence-electron chi connectivity index (χ1n) is 10.3. The van der Waals surface area contributed by atoms with Gasteiger partial charge in [-0.25, -0.2) is 14.3 Å². The number of nitrogens with zero attached hydrogens (tertiary/aromatic N) is 4. The molecule has 0 radical (unpaired) electrons. The van der Waals surface area contributed by atoms with Crippen molar-refractivity contribution in [2.24, 2.45) is 0 Å². The van der Waals surface area contributed by atoms with Crippen molar-refractivity contribution >= 4 is 23.3 Å². The Bertz CT molecular complexity index is 1270. The molecular formula is C24H23N5O3. The average molecular weight is 429 g/mol. The van der Waals surface area contributed by atoms with Crippen LogP contribution in [-0.4, -0.2) is 31.5 Å². The third-order valence-corrected chi connectivity index (χ3v) is 5.19. The van der Waals surface area contributed by atoms with Crippen LogP contribution in [0.4, 0.5) is 5.69 Å². The van der Waals surface area contributed by atoms with Gasteiger partial charge in [-0.15, -0.1) is 0 Å². The topological polar surface area (TPSA) is 98.5 Å². The number of aryl methyl sites for hydroxylation is 2. The molecule has 0 saturated heterocycles. The Morgan fingerprint density at radius 1 is 1.06 bits per heavy atom. The molecule has 0 fully saturated rings. The number of fused-ring (bicyclic) bond motifs is 1. The summed E-state index contributed by atoms with van der Waals surface area (Å²) in [4.78, 5) is 33.4. The first-order chi connectivity index (χ1) is 15.5. The predicted molar refractivity (Wildman–Crippen MR) is 119 cm³/mol. The van der Waals surface area contributed by atoms with Crippen LogP contribution in [0.2, 0.25) is 0 Å². The SMILES string of the molecule is Cc1nc2ncnn2c(C)c1CCC(=O)Nc1cccc(C(=O)OCc2ccccc2)c1. The molecule has 32 heavy (non-hydrogen) atoms. The zero-order chi connectivity index (χ0) is 22.5. The molecule has 0 saturated carbocycles. The summed E-state index contributed by atoms with van der Waals surface area (Å²) in [6, 6.07) is 16.2. The number of carbonyl (C=O) groups excluding carboxylic acids is 2. The number of esters is 1. The number of hydrogen-bond donors (Lipinski definition) is 1. The van der Waals surface area contributed by atoms with Crippen molar-refractivity contribution in [2.75, 3.05) is 5.32 Å². The fourth-order valence-electron chi connectivity index (χ4n) is 3.51. The van der Waals surface area contributed by atoms with Crippen molar-refractivity contribution in [3.05, 3.63) is 89.0 Å². The summed E-state index contributed by atoms with van der Waals surface area (Å²) in [7, 11) is 0. The highest BCUT2D eigenvalue weighted by atomic mass is 16.5. The molecule has 4 aromatic rings. The molecule has 4 rings (SSSR count). The van der Waals surface area contributed by atoms with Crippen LogP contribution in [0.3, 0.4) is 0 Å². The summed E-state index contributed by atoms with van der Waals surface area (Å²) in [5.41, 5.74) is 4.56. The first kappa shape index (κ1) is 21.2. The van der Waals surface area contributed by atoms with Crippen molar-refractivity contribution in [3.63, 3.8) is 0 Å². The lowest BCUT2D eigenvalue weighted by atomic mass is 10.1. The lowest BCUT2D eigenvalue weighted by Gasteiger charge is -2.11. The zero-order valence-electron chi connectivity index (χ0n) is 17.9. The van der Waals surface area contributed by atoms with Gasteiger partial charge in [0.05, 0.1) is 5.56 Å². The van der Waals surface area contributed by atoms with Gasteiger partial charge in [-0.1, -0.05) is 36.4 Å². The Hall–Kier alpha value is -4.07. The van der Waals surface area contributed by atoms with Crippen molar-refractivity contribution < 1.29 is 14.3 Å². The standard InChI is InChI=1S/C24H23N5O3/c1-16-21(17(2)29-24(27-16)25-15-26-29)11-12-22(30)28-20-10-6-9-19(13-20)23(31)32-14-18-7-4-3-5-8-18/h3-10,13,15H,11-12,14H2,1-2H3,(H,28,30). The van der Waals surface area contributed by atoms with Gasteiger partial charge in [0.2, 0.25) is 5.91 Å². The van der Waals surface area contributed by atoms with Crippen molar-refractivity contribution in [1.82, 2.24) is 19.6 Å². The van der Waals surface area contributed by atoms with E-state index in [-0.39, 0.29) is 18.9 Å². The summed E-state index contributed by atoms with van der Waals surface area (Å²) >= 11 is 0. The van der Waals surface area contributed by atoms with Crippen LogP contribution in [0.5, 0.6) is 0 Å². The van der Waals surface area contributed by atoms with E-state index in [0.717, 1.165) is 22.5 Å². The second-order valence-electron chi connectivity index (χ2n) is 7.42. The number of rotatable bonds is 7. The van der Waals surface area contributed by atoms with E-state index >= 15 is 0 Å². The predicted octanol–water partition coefficient (Wildman–Crippen LogP) is 3.67. The Morgan fingerprint density at radius 2 is 1.88 bits per heavy atom. The molecule has 1 amide bonds. The molecular weight excluding hydrogens is 406 g/mol. The molecule has 2 heterocycles. The number of amides is 1. The van der Waals surface area contributed by atoms with Crippen LogP contribution in [0.25, 0.3) is 5.78 Å². The molecule has 8 nitrogen and oxygen atoms in total. The van der Waals surface area contributed by atoms with Gasteiger partial charge in [0.25, 0.3) is 5.78 Å². The molecule has 0 bridgehead atoms. The quantitative estimate of drug-likeness (QED) is 0.450. The van der Waals surface area contributed by atoms with E-state index in [0.29, 0.717) is 23.4 Å². The van der Waals surface area contributed by atoms with Crippen LogP contribution in [0.1, 0.15) is 39.3 Å². The number of benzene rings is 2. The highest BCUT2D eigenvalue weighted by Gasteiger charge is 2.14. The van der Waals surface area contributed by atoms with E-state index in [4.69, 9.17) is 4.74 Å². The van der Waals surface area contributed by atoms with Gasteiger partial charge in [0, 0.05) is 23.5 Å². The summed E-state index contributed by atoms with van der Waals surface area (Å²) in [6.45, 7) is 4.03. The third-order valence-electron chi connectivity index (χ3n) is 5.19. The largest absolute Gasteiger partial charge is 0.457 e. The molecule has 0 aliphatic carbocycles. The van der Waals surface area contributed by atoms with Crippen molar-refractivity contribution in [3.8, 4) is 0 Å². The Morgan fingerprint density at radius 3 is 2.69 bits per heavy atom. The molecule has 2 aromatic carbocycles. The lowest BCUT2D eigenvalue weighted by Crippen LogP contribution is -2.15. The highest BCUT2D eigenvalue weighted by Crippen LogP contribution is 2.17. The average Bonchev–Trinajstić information content (AvgIpc) is 3.27. The maximum Gasteiger partial charge on any atom is 0.338 e. The Labute approximate surface area is 185 Å². The normalized spacial score (nSPS) is 10.8. The van der Waals surface area contributed by atoms with Gasteiger partial charge in [-0.05, 0) is 49.6 Å². The minimum absolute atomic E-state index is 0.155. The molecule has 0 spiro atoms. The summed E-state index contributed by atoms with van der Waals surface area (Å²) < 4.78 is 7.03. The molecule has 162 valence electrons. The lowest BCUT2D eigenvalue weighted by molar-refractivity contribution is -0.116. The number of anilines is 1. The number of ether oxygens (including phenoxy) is 1. The van der Waals surface area contributed by atoms with E-state index in [2.05, 4.69) is 20.4 Å². The summed E-state index contributed by atoms with van der Waals surface area (Å²) in [5.74, 6) is -0.0510. The second kappa shape index (κ2) is 9.38. The van der Waals surface area contributed by atoms with Crippen LogP contribution >= 0.6 is 0 Å². The highest BCUT2D eigenvalue weighted by molar-refractivity contribution is 5.94. The van der Waals surface area contributed by atoms with Gasteiger partial charge < -0.3 is 10.1 Å². The van der Waals surface area contributed by atoms with E-state index < -0.39 is 5.97 Å². The van der Waals surface area contributed by atoms with Crippen LogP contribution < -0.4 is 5.32 Å². The van der Waals surface area contributed by atoms with Crippen LogP contribution in [-0.2, 0) is 22.6 Å². The fraction of sp³-hybridized carbons (Fsp3) is 0.208. The second-order valence-corrected chi connectivity index (χ2v) is 7.42. The van der Waals surface area contributed by atoms with Crippen molar-refractivity contribution in [2.45, 2.75) is 33.3 Å². The molecule has 0 unspecified atom stereocenters. The molecule has 8 heteroatoms. The number of hydrogen-bond acceptors (Lipinski definition) is 6. The monoisotopic (exact) mass is 429 g/mol. The molecule has 0 atom stereocenters. The molecule has 0 aliphatic heterocycles. The summed E-state index contributed by atoms with van der Waals surface area (Å²) in [5, 5.41) is 7.02. The fourth-order valence-corrected chi connectivity index (χ4v) is 3.51. The number of aromatic nitrogens is 4. The van der Waals surface area contributed by atoms with Gasteiger partial charge in [0.15, 0.2) is 0 Å². The smallest absolute Gasteiger partial charge is 0.338 e. The van der Waals surface area contributed by atoms with E-state index in [9.17, 15) is 9.59 Å². The van der Waals surface area contributed by atoms with Gasteiger partial charge in [-0.3, -0.25) is 4.79 Å². The zero-order valence-corrected chi connectivity index (χ0v) is 17.9. The minimum Gasteiger partial charge on any atom is -0.457 e. The first-order valence-corrected chi connectivity index (χ1v) is 10.3. The number of nitrogens with one attached hydrogen (secondary N) is 1. The maximum atomic E-state index is 12.5. The molecule has 2 aromatic heterocycles. The summed E-state index contributed by atoms with van der Waals surface area (Å²) in [6.07, 6.45) is 2.25. The molecule has 0 aliphatic rings. The van der Waals surface area contributed by atoms with Gasteiger partial charge in [0.1, 0.15) is 12.9 Å². The van der Waals surface area contributed by atoms with Crippen LogP contribution in [0.15, 0.2) is 60.9 Å². The van der Waals surface area contributed by atoms with E-state index in [1.165, 1.54) is 6.33 Å². The van der Waals surface area contributed by atoms with E-state index in [1.54, 1.807) is 28.8 Å². The van der Waals surface area contributed by atoms with Gasteiger partial charge in [-0.2, -0.15) is 10.1 Å². The Kier molecular flexibility index (Phi) is 6.21. The third kappa shape index (κ3) is 4.80. The maximum absolute atomic E-state index is 12.5. The van der Waals surface area contributed by atoms with Gasteiger partial charge >= 0.3 is 5.97 Å². The minimum atomic E-state index is -0.441. The van der Waals surface area contributed by atoms with Crippen molar-refractivity contribution in [1.29, 1.82) is 0 Å². The molecule has 1 N–H and O–H groups in total.